The lowest BCUT2D eigenvalue weighted by Crippen LogP contribution is -2.59. The van der Waals surface area contributed by atoms with E-state index in [2.05, 4.69) is 61.6 Å². The second kappa shape index (κ2) is 24.3. The predicted molar refractivity (Wildman–Crippen MR) is 272 cm³/mol. The van der Waals surface area contributed by atoms with Gasteiger partial charge in [0.05, 0.1) is 35.1 Å². The molecule has 5 amide bonds. The molecule has 3 aliphatic heterocycles. The maximum absolute atomic E-state index is 14.1. The van der Waals surface area contributed by atoms with Crippen molar-refractivity contribution in [2.75, 3.05) is 58.7 Å². The quantitative estimate of drug-likeness (QED) is 0.111. The van der Waals surface area contributed by atoms with Gasteiger partial charge in [0.25, 0.3) is 0 Å². The number of likely N-dealkylation sites (tertiary alicyclic amines) is 2. The van der Waals surface area contributed by atoms with Crippen LogP contribution in [0.1, 0.15) is 134 Å². The Morgan fingerprint density at radius 2 is 1.60 bits per heavy atom. The molecule has 3 N–H and O–H groups in total. The molecule has 1 unspecified atom stereocenters. The van der Waals surface area contributed by atoms with E-state index in [-0.39, 0.29) is 77.2 Å². The van der Waals surface area contributed by atoms with Crippen LogP contribution in [0.25, 0.3) is 10.9 Å². The van der Waals surface area contributed by atoms with Gasteiger partial charge in [-0.05, 0) is 115 Å². The van der Waals surface area contributed by atoms with Crippen molar-refractivity contribution in [3.05, 3.63) is 60.2 Å². The number of carbonyl (C=O) groups excluding carboxylic acids is 5. The Morgan fingerprint density at radius 3 is 2.32 bits per heavy atom. The van der Waals surface area contributed by atoms with Gasteiger partial charge in [-0.1, -0.05) is 31.7 Å². The Balaban J connectivity index is 0.732. The van der Waals surface area contributed by atoms with Gasteiger partial charge in [-0.3, -0.25) is 33.9 Å². The SMILES string of the molecule is CC(C)N(C)[C@@H]1CC[C@H](N2CCC(Nc3ncnc4ccc(C(F)(F)F)cc34)C2=O)[C@H](NC(=O)C2CCC(N3CCN(C(=O)CCCCCCCCNC(=O)[C@H]4CC(=O)N(C)[C@@H]4c4cccnc4)CC3)CC2)C1. The number of pyridine rings is 1. The topological polar surface area (TPSA) is 176 Å². The van der Waals surface area contributed by atoms with E-state index in [0.717, 1.165) is 108 Å². The number of piperazine rings is 1. The Bertz CT molecular complexity index is 2380. The van der Waals surface area contributed by atoms with Gasteiger partial charge < -0.3 is 35.6 Å². The number of unbranched alkanes of at least 4 members (excludes halogenated alkanes) is 5. The molecule has 5 heterocycles. The van der Waals surface area contributed by atoms with E-state index in [1.165, 1.54) is 12.4 Å². The van der Waals surface area contributed by atoms with E-state index < -0.39 is 23.7 Å². The maximum Gasteiger partial charge on any atom is 0.416 e. The second-order valence-corrected chi connectivity index (χ2v) is 21.5. The van der Waals surface area contributed by atoms with Crippen LogP contribution in [0, 0.1) is 11.8 Å². The highest BCUT2D eigenvalue weighted by Gasteiger charge is 2.45. The normalized spacial score (nSPS) is 26.3. The van der Waals surface area contributed by atoms with Crippen molar-refractivity contribution < 1.29 is 37.1 Å². The van der Waals surface area contributed by atoms with Crippen LogP contribution in [0.4, 0.5) is 19.0 Å². The van der Waals surface area contributed by atoms with E-state index in [0.29, 0.717) is 63.0 Å². The third kappa shape index (κ3) is 13.1. The summed E-state index contributed by atoms with van der Waals surface area (Å²) in [4.78, 5) is 89.9. The number of hydrogen-bond donors (Lipinski definition) is 3. The van der Waals surface area contributed by atoms with Crippen LogP contribution in [-0.2, 0) is 30.1 Å². The summed E-state index contributed by atoms with van der Waals surface area (Å²) < 4.78 is 40.9. The number of rotatable bonds is 19. The molecule has 19 heteroatoms. The number of carbonyl (C=O) groups is 5. The van der Waals surface area contributed by atoms with Crippen LogP contribution in [0.2, 0.25) is 0 Å². The molecule has 2 saturated carbocycles. The number of alkyl halides is 3. The summed E-state index contributed by atoms with van der Waals surface area (Å²) in [5.41, 5.74) is 0.408. The van der Waals surface area contributed by atoms with Crippen LogP contribution in [0.3, 0.4) is 0 Å². The fourth-order valence-corrected chi connectivity index (χ4v) is 12.2. The van der Waals surface area contributed by atoms with E-state index in [1.54, 1.807) is 24.3 Å². The number of fused-ring (bicyclic) bond motifs is 1. The molecule has 398 valence electrons. The largest absolute Gasteiger partial charge is 0.416 e. The van der Waals surface area contributed by atoms with Crippen LogP contribution in [0.5, 0.6) is 0 Å². The number of amides is 5. The smallest absolute Gasteiger partial charge is 0.358 e. The summed E-state index contributed by atoms with van der Waals surface area (Å²) in [6.07, 6.45) is 12.9. The van der Waals surface area contributed by atoms with Crippen molar-refractivity contribution in [3.8, 4) is 0 Å². The molecule has 0 bridgehead atoms. The molecule has 5 fully saturated rings. The minimum atomic E-state index is -4.54. The average Bonchev–Trinajstić information content (AvgIpc) is 3.91. The maximum atomic E-state index is 14.1. The number of hydrogen-bond acceptors (Lipinski definition) is 11. The molecule has 1 aromatic carbocycles. The first-order valence-corrected chi connectivity index (χ1v) is 26.9. The monoisotopic (exact) mass is 1020 g/mol. The molecule has 73 heavy (non-hydrogen) atoms. The Kier molecular flexibility index (Phi) is 17.9. The van der Waals surface area contributed by atoms with Gasteiger partial charge in [0.2, 0.25) is 29.5 Å². The van der Waals surface area contributed by atoms with Crippen LogP contribution >= 0.6 is 0 Å². The standard InChI is InChI=1S/C54H76F3N11O5/c1-35(2)64(3)40-19-21-46(68-25-22-44(53(68)73)62-50-41-30-38(54(55,56)57)16-20-43(41)60-34-61-50)45(31-40)63-51(71)36-14-17-39(18-15-36)66-26-28-67(29-27-66)47(69)13-9-7-5-6-8-10-24-59-52(72)42-32-48(70)65(4)49(42)37-12-11-23-58-33-37/h11-12,16,20,23,30,33-36,39-40,42,44-46,49H,5-10,13-15,17-19,21-22,24-29,31-32H2,1-4H3,(H,59,72)(H,63,71)(H,60,61,62)/t36?,39?,40-,42+,44?,45-,46+,49-/m1/s1. The highest BCUT2D eigenvalue weighted by atomic mass is 19.4. The van der Waals surface area contributed by atoms with E-state index in [9.17, 15) is 37.1 Å². The van der Waals surface area contributed by atoms with Crippen molar-refractivity contribution >= 4 is 46.3 Å². The zero-order valence-corrected chi connectivity index (χ0v) is 43.1. The molecule has 0 spiro atoms. The Hall–Kier alpha value is -5.43. The second-order valence-electron chi connectivity index (χ2n) is 21.5. The summed E-state index contributed by atoms with van der Waals surface area (Å²) in [6, 6.07) is 6.56. The van der Waals surface area contributed by atoms with E-state index in [4.69, 9.17) is 0 Å². The van der Waals surface area contributed by atoms with Gasteiger partial charge in [-0.2, -0.15) is 13.2 Å². The number of halogens is 3. The van der Waals surface area contributed by atoms with Crippen molar-refractivity contribution in [2.24, 2.45) is 11.8 Å². The molecular formula is C54H76F3N11O5. The fraction of sp³-hybridized carbons (Fsp3) is 0.667. The number of nitrogens with zero attached hydrogens (tertiary/aromatic N) is 8. The minimum absolute atomic E-state index is 0.0350. The molecule has 3 saturated heterocycles. The number of anilines is 1. The lowest BCUT2D eigenvalue weighted by Gasteiger charge is -2.45. The lowest BCUT2D eigenvalue weighted by molar-refractivity contribution is -0.137. The molecule has 2 aliphatic carbocycles. The number of benzene rings is 1. The highest BCUT2D eigenvalue weighted by Crippen LogP contribution is 2.38. The summed E-state index contributed by atoms with van der Waals surface area (Å²) in [5, 5.41) is 9.86. The van der Waals surface area contributed by atoms with Crippen LogP contribution in [0.15, 0.2) is 49.1 Å². The molecule has 5 aliphatic rings. The third-order valence-electron chi connectivity index (χ3n) is 16.7. The van der Waals surface area contributed by atoms with Crippen LogP contribution < -0.4 is 16.0 Å². The minimum Gasteiger partial charge on any atom is -0.358 e. The summed E-state index contributed by atoms with van der Waals surface area (Å²) >= 11 is 0. The van der Waals surface area contributed by atoms with Crippen LogP contribution in [-0.4, -0.2) is 159 Å². The fourth-order valence-electron chi connectivity index (χ4n) is 12.2. The molecule has 2 aromatic heterocycles. The van der Waals surface area contributed by atoms with Gasteiger partial charge in [0, 0.05) is 101 Å². The van der Waals surface area contributed by atoms with Gasteiger partial charge in [0.1, 0.15) is 18.2 Å². The lowest BCUT2D eigenvalue weighted by atomic mass is 9.82. The van der Waals surface area contributed by atoms with Crippen molar-refractivity contribution in [1.29, 1.82) is 0 Å². The summed E-state index contributed by atoms with van der Waals surface area (Å²) in [7, 11) is 3.86. The highest BCUT2D eigenvalue weighted by molar-refractivity contribution is 5.93. The van der Waals surface area contributed by atoms with Crippen molar-refractivity contribution in [2.45, 2.75) is 165 Å². The summed E-state index contributed by atoms with van der Waals surface area (Å²) in [5.74, 6) is -0.369. The zero-order valence-electron chi connectivity index (χ0n) is 43.1. The molecular weight excluding hydrogens is 940 g/mol. The first-order valence-electron chi connectivity index (χ1n) is 26.9. The number of aromatic nitrogens is 3. The average molecular weight is 1020 g/mol. The zero-order chi connectivity index (χ0) is 51.8. The van der Waals surface area contributed by atoms with Gasteiger partial charge >= 0.3 is 6.18 Å². The molecule has 16 nitrogen and oxygen atoms in total. The Labute approximate surface area is 428 Å². The van der Waals surface area contributed by atoms with Gasteiger partial charge in [-0.25, -0.2) is 9.97 Å². The molecule has 0 radical (unpaired) electrons. The molecule has 6 atom stereocenters. The predicted octanol–water partition coefficient (Wildman–Crippen LogP) is 6.57. The van der Waals surface area contributed by atoms with E-state index in [1.807, 2.05) is 21.9 Å². The van der Waals surface area contributed by atoms with Crippen molar-refractivity contribution in [1.82, 2.24) is 50.1 Å². The van der Waals surface area contributed by atoms with E-state index >= 15 is 0 Å². The third-order valence-corrected chi connectivity index (χ3v) is 16.7. The molecule has 8 rings (SSSR count). The molecule has 3 aromatic rings. The van der Waals surface area contributed by atoms with Gasteiger partial charge in [-0.15, -0.1) is 0 Å². The van der Waals surface area contributed by atoms with Crippen molar-refractivity contribution in [3.63, 3.8) is 0 Å². The van der Waals surface area contributed by atoms with Gasteiger partial charge in [0.15, 0.2) is 0 Å². The first-order chi connectivity index (χ1) is 35.1. The Morgan fingerprint density at radius 1 is 0.863 bits per heavy atom. The summed E-state index contributed by atoms with van der Waals surface area (Å²) in [6.45, 7) is 8.45. The first kappa shape index (κ1) is 53.8. The number of nitrogens with one attached hydrogen (secondary N) is 3.